The van der Waals surface area contributed by atoms with Gasteiger partial charge in [-0.2, -0.15) is 0 Å². The lowest BCUT2D eigenvalue weighted by Gasteiger charge is -2.14. The van der Waals surface area contributed by atoms with E-state index in [1.54, 1.807) is 25.2 Å². The Labute approximate surface area is 133 Å². The lowest BCUT2D eigenvalue weighted by Crippen LogP contribution is -2.15. The van der Waals surface area contributed by atoms with Crippen molar-refractivity contribution < 1.29 is 4.79 Å². The number of rotatable bonds is 3. The molecule has 0 bridgehead atoms. The molecule has 0 aliphatic rings. The highest BCUT2D eigenvalue weighted by atomic mass is 35.5. The number of anilines is 2. The van der Waals surface area contributed by atoms with Gasteiger partial charge in [0.2, 0.25) is 0 Å². The number of benzene rings is 1. The standard InChI is InChI=1S/C15H18ClN3OS/c1-15(2,3)12-8-21-14(18-12)19-13(20)10-7-9(16)5-6-11(10)17-4/h5-8,17H,1-4H3,(H,18,19,20). The van der Waals surface area contributed by atoms with Crippen LogP contribution in [0, 0.1) is 0 Å². The average molecular weight is 324 g/mol. The molecule has 2 N–H and O–H groups in total. The van der Waals surface area contributed by atoms with Gasteiger partial charge in [0.1, 0.15) is 0 Å². The molecule has 0 saturated heterocycles. The molecule has 6 heteroatoms. The fourth-order valence-electron chi connectivity index (χ4n) is 1.76. The van der Waals surface area contributed by atoms with Crippen molar-refractivity contribution in [3.8, 4) is 0 Å². The molecule has 0 saturated carbocycles. The van der Waals surface area contributed by atoms with Crippen LogP contribution in [0.1, 0.15) is 36.8 Å². The minimum Gasteiger partial charge on any atom is -0.387 e. The molecular weight excluding hydrogens is 306 g/mol. The summed E-state index contributed by atoms with van der Waals surface area (Å²) in [5, 5.41) is 8.88. The minimum absolute atomic E-state index is 0.0360. The second kappa shape index (κ2) is 6.03. The molecule has 4 nitrogen and oxygen atoms in total. The van der Waals surface area contributed by atoms with E-state index < -0.39 is 0 Å². The quantitative estimate of drug-likeness (QED) is 0.880. The molecule has 2 rings (SSSR count). The molecule has 0 atom stereocenters. The number of nitrogens with one attached hydrogen (secondary N) is 2. The fourth-order valence-corrected chi connectivity index (χ4v) is 2.87. The van der Waals surface area contributed by atoms with Crippen LogP contribution in [0.15, 0.2) is 23.6 Å². The van der Waals surface area contributed by atoms with Gasteiger partial charge in [0.25, 0.3) is 5.91 Å². The van der Waals surface area contributed by atoms with Crippen molar-refractivity contribution in [3.05, 3.63) is 39.9 Å². The first-order valence-corrected chi connectivity index (χ1v) is 7.81. The second-order valence-corrected chi connectivity index (χ2v) is 6.98. The Morgan fingerprint density at radius 3 is 2.62 bits per heavy atom. The normalized spacial score (nSPS) is 11.3. The molecule has 0 spiro atoms. The molecule has 1 heterocycles. The summed E-state index contributed by atoms with van der Waals surface area (Å²) < 4.78 is 0. The van der Waals surface area contributed by atoms with E-state index in [1.807, 2.05) is 5.38 Å². The third kappa shape index (κ3) is 3.74. The zero-order valence-corrected chi connectivity index (χ0v) is 14.0. The number of hydrogen-bond acceptors (Lipinski definition) is 4. The van der Waals surface area contributed by atoms with Gasteiger partial charge in [0.05, 0.1) is 11.3 Å². The van der Waals surface area contributed by atoms with Crippen molar-refractivity contribution in [2.75, 3.05) is 17.7 Å². The Hall–Kier alpha value is -1.59. The van der Waals surface area contributed by atoms with E-state index >= 15 is 0 Å². The van der Waals surface area contributed by atoms with E-state index in [0.717, 1.165) is 11.4 Å². The molecule has 0 aliphatic carbocycles. The summed E-state index contributed by atoms with van der Waals surface area (Å²) in [5.74, 6) is -0.225. The summed E-state index contributed by atoms with van der Waals surface area (Å²) in [7, 11) is 1.76. The van der Waals surface area contributed by atoms with Crippen molar-refractivity contribution in [3.63, 3.8) is 0 Å². The SMILES string of the molecule is CNc1ccc(Cl)cc1C(=O)Nc1nc(C(C)(C)C)cs1. The number of amides is 1. The number of halogens is 1. The van der Waals surface area contributed by atoms with Crippen molar-refractivity contribution in [2.24, 2.45) is 0 Å². The van der Waals surface area contributed by atoms with E-state index in [4.69, 9.17) is 11.6 Å². The number of carbonyl (C=O) groups excluding carboxylic acids is 1. The van der Waals surface area contributed by atoms with Crippen molar-refractivity contribution in [2.45, 2.75) is 26.2 Å². The third-order valence-electron chi connectivity index (χ3n) is 2.99. The maximum absolute atomic E-state index is 12.4. The van der Waals surface area contributed by atoms with Gasteiger partial charge >= 0.3 is 0 Å². The lowest BCUT2D eigenvalue weighted by molar-refractivity contribution is 0.102. The van der Waals surface area contributed by atoms with Crippen LogP contribution in [-0.2, 0) is 5.41 Å². The highest BCUT2D eigenvalue weighted by molar-refractivity contribution is 7.14. The maximum Gasteiger partial charge on any atom is 0.259 e. The monoisotopic (exact) mass is 323 g/mol. The largest absolute Gasteiger partial charge is 0.387 e. The van der Waals surface area contributed by atoms with Gasteiger partial charge in [-0.15, -0.1) is 11.3 Å². The third-order valence-corrected chi connectivity index (χ3v) is 3.98. The van der Waals surface area contributed by atoms with Crippen LogP contribution in [0.4, 0.5) is 10.8 Å². The number of carbonyl (C=O) groups is 1. The van der Waals surface area contributed by atoms with E-state index in [-0.39, 0.29) is 11.3 Å². The molecule has 0 aliphatic heterocycles. The number of thiazole rings is 1. The fraction of sp³-hybridized carbons (Fsp3) is 0.333. The van der Waals surface area contributed by atoms with Gasteiger partial charge in [-0.05, 0) is 18.2 Å². The molecule has 21 heavy (non-hydrogen) atoms. The predicted molar refractivity (Wildman–Crippen MR) is 89.8 cm³/mol. The van der Waals surface area contributed by atoms with Gasteiger partial charge in [-0.3, -0.25) is 10.1 Å². The molecule has 1 aromatic heterocycles. The van der Waals surface area contributed by atoms with Crippen molar-refractivity contribution in [1.82, 2.24) is 4.98 Å². The summed E-state index contributed by atoms with van der Waals surface area (Å²) in [5.41, 5.74) is 2.15. The molecular formula is C15H18ClN3OS. The summed E-state index contributed by atoms with van der Waals surface area (Å²) in [6, 6.07) is 5.16. The topological polar surface area (TPSA) is 54.0 Å². The first-order valence-electron chi connectivity index (χ1n) is 6.56. The van der Waals surface area contributed by atoms with Crippen LogP contribution >= 0.6 is 22.9 Å². The molecule has 1 aromatic carbocycles. The van der Waals surface area contributed by atoms with Crippen LogP contribution in [0.2, 0.25) is 5.02 Å². The van der Waals surface area contributed by atoms with Crippen molar-refractivity contribution in [1.29, 1.82) is 0 Å². The number of nitrogens with zero attached hydrogens (tertiary/aromatic N) is 1. The van der Waals surface area contributed by atoms with Crippen LogP contribution < -0.4 is 10.6 Å². The van der Waals surface area contributed by atoms with E-state index in [9.17, 15) is 4.79 Å². The smallest absolute Gasteiger partial charge is 0.259 e. The number of hydrogen-bond donors (Lipinski definition) is 2. The summed E-state index contributed by atoms with van der Waals surface area (Å²) in [6.07, 6.45) is 0. The summed E-state index contributed by atoms with van der Waals surface area (Å²) >= 11 is 7.38. The highest BCUT2D eigenvalue weighted by Gasteiger charge is 2.19. The van der Waals surface area contributed by atoms with Gasteiger partial charge in [0, 0.05) is 28.6 Å². The zero-order chi connectivity index (χ0) is 15.6. The Morgan fingerprint density at radius 1 is 1.33 bits per heavy atom. The zero-order valence-electron chi connectivity index (χ0n) is 12.5. The van der Waals surface area contributed by atoms with Gasteiger partial charge in [-0.1, -0.05) is 32.4 Å². The first-order chi connectivity index (χ1) is 9.81. The number of aromatic nitrogens is 1. The Kier molecular flexibility index (Phi) is 4.54. The Balaban J connectivity index is 2.22. The minimum atomic E-state index is -0.225. The van der Waals surface area contributed by atoms with Crippen LogP contribution in [0.3, 0.4) is 0 Å². The predicted octanol–water partition coefficient (Wildman–Crippen LogP) is 4.39. The Bertz CT molecular complexity index is 661. The van der Waals surface area contributed by atoms with E-state index in [1.165, 1.54) is 11.3 Å². The molecule has 0 radical (unpaired) electrons. The van der Waals surface area contributed by atoms with Gasteiger partial charge in [0.15, 0.2) is 5.13 Å². The molecule has 112 valence electrons. The molecule has 0 unspecified atom stereocenters. The lowest BCUT2D eigenvalue weighted by atomic mass is 9.93. The Morgan fingerprint density at radius 2 is 2.05 bits per heavy atom. The van der Waals surface area contributed by atoms with Crippen molar-refractivity contribution >= 4 is 39.7 Å². The first kappa shape index (κ1) is 15.8. The average Bonchev–Trinajstić information content (AvgIpc) is 2.87. The van der Waals surface area contributed by atoms with E-state index in [0.29, 0.717) is 15.7 Å². The summed E-state index contributed by atoms with van der Waals surface area (Å²) in [6.45, 7) is 6.26. The van der Waals surface area contributed by atoms with Crippen LogP contribution in [0.25, 0.3) is 0 Å². The summed E-state index contributed by atoms with van der Waals surface area (Å²) in [4.78, 5) is 16.8. The van der Waals surface area contributed by atoms with Crippen LogP contribution in [0.5, 0.6) is 0 Å². The molecule has 2 aromatic rings. The van der Waals surface area contributed by atoms with Crippen LogP contribution in [-0.4, -0.2) is 17.9 Å². The maximum atomic E-state index is 12.4. The highest BCUT2D eigenvalue weighted by Crippen LogP contribution is 2.27. The molecule has 1 amide bonds. The van der Waals surface area contributed by atoms with Gasteiger partial charge < -0.3 is 5.32 Å². The van der Waals surface area contributed by atoms with Gasteiger partial charge in [-0.25, -0.2) is 4.98 Å². The molecule has 0 fully saturated rings. The second-order valence-electron chi connectivity index (χ2n) is 5.68. The van der Waals surface area contributed by atoms with E-state index in [2.05, 4.69) is 36.4 Å².